The van der Waals surface area contributed by atoms with Gasteiger partial charge in [-0.1, -0.05) is 0 Å². The van der Waals surface area contributed by atoms with Crippen LogP contribution in [0.4, 0.5) is 0 Å². The Morgan fingerprint density at radius 1 is 1.29 bits per heavy atom. The monoisotopic (exact) mass is 200 g/mol. The van der Waals surface area contributed by atoms with Gasteiger partial charge >= 0.3 is 0 Å². The Morgan fingerprint density at radius 2 is 1.93 bits per heavy atom. The Morgan fingerprint density at radius 3 is 2.43 bits per heavy atom. The first kappa shape index (κ1) is 10.4. The summed E-state index contributed by atoms with van der Waals surface area (Å²) >= 11 is 0. The number of hydrogen-bond donors (Lipinski definition) is 2. The van der Waals surface area contributed by atoms with E-state index in [9.17, 15) is 5.11 Å². The Kier molecular flexibility index (Phi) is 2.55. The van der Waals surface area contributed by atoms with Gasteiger partial charge in [-0.15, -0.1) is 0 Å². The molecule has 2 saturated heterocycles. The fourth-order valence-corrected chi connectivity index (χ4v) is 2.43. The van der Waals surface area contributed by atoms with E-state index in [1.165, 1.54) is 0 Å². The molecule has 1 unspecified atom stereocenters. The quantitative estimate of drug-likeness (QED) is 0.602. The van der Waals surface area contributed by atoms with Crippen molar-refractivity contribution in [3.8, 4) is 0 Å². The third-order valence-corrected chi connectivity index (χ3v) is 3.79. The van der Waals surface area contributed by atoms with Gasteiger partial charge in [0.2, 0.25) is 0 Å². The van der Waals surface area contributed by atoms with Crippen molar-refractivity contribution in [2.24, 2.45) is 5.73 Å². The molecule has 4 heteroatoms. The van der Waals surface area contributed by atoms with E-state index in [1.54, 1.807) is 0 Å². The second-order valence-corrected chi connectivity index (χ2v) is 4.79. The molecular weight excluding hydrogens is 180 g/mol. The number of aliphatic hydroxyl groups is 1. The molecule has 0 aromatic heterocycles. The van der Waals surface area contributed by atoms with Gasteiger partial charge in [0, 0.05) is 19.7 Å². The fourth-order valence-electron chi connectivity index (χ4n) is 2.43. The van der Waals surface area contributed by atoms with Crippen LogP contribution >= 0.6 is 0 Å². The Labute approximate surface area is 85.0 Å². The molecule has 0 radical (unpaired) electrons. The normalized spacial score (nSPS) is 38.8. The molecule has 2 aliphatic rings. The molecule has 0 amide bonds. The van der Waals surface area contributed by atoms with Gasteiger partial charge in [-0.25, -0.2) is 0 Å². The summed E-state index contributed by atoms with van der Waals surface area (Å²) in [5, 5.41) is 10.5. The molecule has 0 bridgehead atoms. The third kappa shape index (κ3) is 1.56. The van der Waals surface area contributed by atoms with Crippen LogP contribution in [0, 0.1) is 0 Å². The van der Waals surface area contributed by atoms with Crippen LogP contribution in [0.2, 0.25) is 0 Å². The van der Waals surface area contributed by atoms with E-state index in [-0.39, 0.29) is 0 Å². The van der Waals surface area contributed by atoms with Crippen LogP contribution in [0.1, 0.15) is 19.3 Å². The summed E-state index contributed by atoms with van der Waals surface area (Å²) in [5.74, 6) is 0. The molecule has 0 aromatic rings. The number of likely N-dealkylation sites (tertiary alicyclic amines) is 1. The summed E-state index contributed by atoms with van der Waals surface area (Å²) in [6.45, 7) is 3.05. The largest absolute Gasteiger partial charge is 0.388 e. The van der Waals surface area contributed by atoms with Crippen molar-refractivity contribution in [2.75, 3.05) is 33.4 Å². The zero-order valence-corrected chi connectivity index (χ0v) is 8.83. The van der Waals surface area contributed by atoms with E-state index in [4.69, 9.17) is 10.5 Å². The lowest BCUT2D eigenvalue weighted by Gasteiger charge is -2.46. The van der Waals surface area contributed by atoms with Crippen molar-refractivity contribution in [3.05, 3.63) is 0 Å². The van der Waals surface area contributed by atoms with E-state index < -0.39 is 11.1 Å². The predicted molar refractivity (Wildman–Crippen MR) is 54.0 cm³/mol. The van der Waals surface area contributed by atoms with Crippen molar-refractivity contribution in [1.29, 1.82) is 0 Å². The van der Waals surface area contributed by atoms with Gasteiger partial charge in [-0.2, -0.15) is 0 Å². The molecule has 4 nitrogen and oxygen atoms in total. The number of piperidine rings is 1. The average Bonchev–Trinajstić information content (AvgIpc) is 2.60. The molecular formula is C10H20N2O2. The minimum absolute atomic E-state index is 0.506. The van der Waals surface area contributed by atoms with Crippen LogP contribution in [-0.2, 0) is 4.74 Å². The molecule has 1 atom stereocenters. The number of ether oxygens (including phenoxy) is 1. The standard InChI is InChI=1S/C10H20N2O2/c1-12-5-2-10(13,3-6-12)9(11)4-7-14-8-9/h13H,2-8,11H2,1H3. The van der Waals surface area contributed by atoms with Gasteiger partial charge in [0.25, 0.3) is 0 Å². The molecule has 2 aliphatic heterocycles. The van der Waals surface area contributed by atoms with E-state index in [0.717, 1.165) is 32.4 Å². The highest BCUT2D eigenvalue weighted by atomic mass is 16.5. The minimum Gasteiger partial charge on any atom is -0.388 e. The van der Waals surface area contributed by atoms with E-state index in [1.807, 2.05) is 0 Å². The molecule has 14 heavy (non-hydrogen) atoms. The molecule has 0 spiro atoms. The lowest BCUT2D eigenvalue weighted by molar-refractivity contribution is -0.0782. The number of nitrogens with zero attached hydrogens (tertiary/aromatic N) is 1. The maximum absolute atomic E-state index is 10.5. The van der Waals surface area contributed by atoms with Gasteiger partial charge in [0.15, 0.2) is 0 Å². The maximum atomic E-state index is 10.5. The summed E-state index contributed by atoms with van der Waals surface area (Å²) in [5.41, 5.74) is 5.00. The first-order valence-corrected chi connectivity index (χ1v) is 5.33. The molecule has 0 saturated carbocycles. The van der Waals surface area contributed by atoms with Crippen molar-refractivity contribution >= 4 is 0 Å². The maximum Gasteiger partial charge on any atom is 0.0874 e. The topological polar surface area (TPSA) is 58.7 Å². The summed E-state index contributed by atoms with van der Waals surface area (Å²) in [7, 11) is 2.08. The van der Waals surface area contributed by atoms with Crippen LogP contribution in [0.5, 0.6) is 0 Å². The summed E-state index contributed by atoms with van der Waals surface area (Å²) < 4.78 is 5.31. The summed E-state index contributed by atoms with van der Waals surface area (Å²) in [4.78, 5) is 2.23. The lowest BCUT2D eigenvalue weighted by Crippen LogP contribution is -2.64. The zero-order valence-electron chi connectivity index (χ0n) is 8.83. The van der Waals surface area contributed by atoms with Crippen molar-refractivity contribution in [1.82, 2.24) is 4.90 Å². The van der Waals surface area contributed by atoms with Gasteiger partial charge in [-0.3, -0.25) is 0 Å². The lowest BCUT2D eigenvalue weighted by atomic mass is 9.73. The van der Waals surface area contributed by atoms with Crippen LogP contribution in [0.15, 0.2) is 0 Å². The Balaban J connectivity index is 2.07. The molecule has 0 aliphatic carbocycles. The highest BCUT2D eigenvalue weighted by Crippen LogP contribution is 2.36. The van der Waals surface area contributed by atoms with Crippen LogP contribution in [0.3, 0.4) is 0 Å². The second-order valence-electron chi connectivity index (χ2n) is 4.79. The average molecular weight is 200 g/mol. The van der Waals surface area contributed by atoms with Crippen LogP contribution in [-0.4, -0.2) is 54.5 Å². The predicted octanol–water partition coefficient (Wildman–Crippen LogP) is -0.439. The highest BCUT2D eigenvalue weighted by molar-refractivity contribution is 5.07. The smallest absolute Gasteiger partial charge is 0.0874 e. The number of hydrogen-bond acceptors (Lipinski definition) is 4. The number of rotatable bonds is 1. The molecule has 3 N–H and O–H groups in total. The number of nitrogens with two attached hydrogens (primary N) is 1. The first-order valence-electron chi connectivity index (χ1n) is 5.33. The zero-order chi connectivity index (χ0) is 10.2. The molecule has 2 heterocycles. The molecule has 2 rings (SSSR count). The van der Waals surface area contributed by atoms with E-state index in [0.29, 0.717) is 13.2 Å². The van der Waals surface area contributed by atoms with E-state index >= 15 is 0 Å². The van der Waals surface area contributed by atoms with Crippen LogP contribution in [0.25, 0.3) is 0 Å². The van der Waals surface area contributed by atoms with Gasteiger partial charge < -0.3 is 20.5 Å². The Bertz CT molecular complexity index is 206. The van der Waals surface area contributed by atoms with Crippen molar-refractivity contribution < 1.29 is 9.84 Å². The molecule has 2 fully saturated rings. The highest BCUT2D eigenvalue weighted by Gasteiger charge is 2.50. The van der Waals surface area contributed by atoms with Gasteiger partial charge in [0.1, 0.15) is 0 Å². The molecule has 0 aromatic carbocycles. The Hall–Kier alpha value is -0.160. The minimum atomic E-state index is -0.712. The third-order valence-electron chi connectivity index (χ3n) is 3.79. The van der Waals surface area contributed by atoms with E-state index in [2.05, 4.69) is 11.9 Å². The van der Waals surface area contributed by atoms with Gasteiger partial charge in [0.05, 0.1) is 17.7 Å². The SMILES string of the molecule is CN1CCC(O)(C2(N)CCOC2)CC1. The van der Waals surface area contributed by atoms with Crippen molar-refractivity contribution in [3.63, 3.8) is 0 Å². The van der Waals surface area contributed by atoms with Crippen LogP contribution < -0.4 is 5.73 Å². The second kappa shape index (κ2) is 3.45. The van der Waals surface area contributed by atoms with Gasteiger partial charge in [-0.05, 0) is 26.3 Å². The summed E-state index contributed by atoms with van der Waals surface area (Å²) in [6.07, 6.45) is 2.32. The summed E-state index contributed by atoms with van der Waals surface area (Å²) in [6, 6.07) is 0. The molecule has 82 valence electrons. The fraction of sp³-hybridized carbons (Fsp3) is 1.00. The van der Waals surface area contributed by atoms with Crippen molar-refractivity contribution in [2.45, 2.75) is 30.4 Å². The first-order chi connectivity index (χ1) is 6.56.